The second-order valence-corrected chi connectivity index (χ2v) is 5.85. The predicted octanol–water partition coefficient (Wildman–Crippen LogP) is 6.44. The highest BCUT2D eigenvalue weighted by Gasteiger charge is 2.09. The molecule has 0 amide bonds. The van der Waals surface area contributed by atoms with Crippen molar-refractivity contribution >= 4 is 10.8 Å². The van der Waals surface area contributed by atoms with Crippen molar-refractivity contribution in [1.82, 2.24) is 0 Å². The summed E-state index contributed by atoms with van der Waals surface area (Å²) in [4.78, 5) is 0. The van der Waals surface area contributed by atoms with E-state index in [1.165, 1.54) is 33.0 Å². The normalized spacial score (nSPS) is 10.2. The number of hydrogen-bond donors (Lipinski definition) is 0. The highest BCUT2D eigenvalue weighted by Crippen LogP contribution is 2.35. The van der Waals surface area contributed by atoms with Gasteiger partial charge < -0.3 is 4.74 Å². The molecule has 4 aromatic rings. The van der Waals surface area contributed by atoms with Gasteiger partial charge in [-0.25, -0.2) is 0 Å². The Labute approximate surface area is 149 Å². The van der Waals surface area contributed by atoms with Gasteiger partial charge in [0.15, 0.2) is 0 Å². The van der Waals surface area contributed by atoms with Gasteiger partial charge in [-0.2, -0.15) is 0 Å². The summed E-state index contributed by atoms with van der Waals surface area (Å²) in [5.41, 5.74) is 5.11. The molecule has 1 heteroatoms. The molecule has 0 N–H and O–H groups in total. The van der Waals surface area contributed by atoms with Gasteiger partial charge >= 0.3 is 0 Å². The van der Waals surface area contributed by atoms with Crippen LogP contribution in [0.25, 0.3) is 33.0 Å². The van der Waals surface area contributed by atoms with Crippen LogP contribution in [0.2, 0.25) is 0 Å². The monoisotopic (exact) mass is 326 g/mol. The Morgan fingerprint density at radius 1 is 0.480 bits per heavy atom. The van der Waals surface area contributed by atoms with E-state index in [4.69, 9.17) is 0 Å². The van der Waals surface area contributed by atoms with Crippen LogP contribution in [0.5, 0.6) is 0 Å². The predicted molar refractivity (Wildman–Crippen MR) is 108 cm³/mol. The van der Waals surface area contributed by atoms with Gasteiger partial charge in [0.2, 0.25) is 0 Å². The van der Waals surface area contributed by atoms with Crippen molar-refractivity contribution in [1.29, 1.82) is 0 Å². The molecule has 4 rings (SSSR count). The first-order valence-electron chi connectivity index (χ1n) is 8.38. The van der Waals surface area contributed by atoms with E-state index >= 15 is 0 Å². The van der Waals surface area contributed by atoms with Gasteiger partial charge in [0.1, 0.15) is 0 Å². The first kappa shape index (κ1) is 16.9. The van der Waals surface area contributed by atoms with Crippen molar-refractivity contribution in [2.75, 3.05) is 14.2 Å². The summed E-state index contributed by atoms with van der Waals surface area (Å²) < 4.78 is 4.25. The second-order valence-electron chi connectivity index (χ2n) is 5.85. The Balaban J connectivity index is 0.000000569. The minimum absolute atomic E-state index is 1.26. The number of hydrogen-bond acceptors (Lipinski definition) is 1. The molecule has 0 aliphatic carbocycles. The maximum Gasteiger partial charge on any atom is 0.0351 e. The summed E-state index contributed by atoms with van der Waals surface area (Å²) in [5.74, 6) is 0. The quantitative estimate of drug-likeness (QED) is 0.412. The van der Waals surface area contributed by atoms with Crippen molar-refractivity contribution in [3.63, 3.8) is 0 Å². The molecule has 0 heterocycles. The van der Waals surface area contributed by atoms with E-state index in [2.05, 4.69) is 102 Å². The van der Waals surface area contributed by atoms with Gasteiger partial charge in [0.05, 0.1) is 0 Å². The van der Waals surface area contributed by atoms with Gasteiger partial charge in [-0.05, 0) is 33.0 Å². The van der Waals surface area contributed by atoms with E-state index in [0.29, 0.717) is 0 Å². The van der Waals surface area contributed by atoms with E-state index in [1.807, 2.05) is 0 Å². The van der Waals surface area contributed by atoms with Crippen molar-refractivity contribution in [3.8, 4) is 22.3 Å². The summed E-state index contributed by atoms with van der Waals surface area (Å²) in [7, 11) is 3.25. The molecular weight excluding hydrogens is 304 g/mol. The third-order valence-electron chi connectivity index (χ3n) is 4.09. The zero-order chi connectivity index (χ0) is 17.5. The molecule has 0 unspecified atom stereocenters. The molecule has 4 aromatic carbocycles. The van der Waals surface area contributed by atoms with Crippen LogP contribution >= 0.6 is 0 Å². The summed E-state index contributed by atoms with van der Waals surface area (Å²) >= 11 is 0. The fourth-order valence-corrected chi connectivity index (χ4v) is 3.05. The minimum atomic E-state index is 1.26. The summed E-state index contributed by atoms with van der Waals surface area (Å²) in [6.45, 7) is 0. The van der Waals surface area contributed by atoms with Crippen LogP contribution in [0.4, 0.5) is 0 Å². The number of rotatable bonds is 2. The van der Waals surface area contributed by atoms with Crippen molar-refractivity contribution in [2.45, 2.75) is 0 Å². The molecule has 124 valence electrons. The van der Waals surface area contributed by atoms with Gasteiger partial charge in [0, 0.05) is 14.2 Å². The van der Waals surface area contributed by atoms with Crippen LogP contribution in [0, 0.1) is 0 Å². The fraction of sp³-hybridized carbons (Fsp3) is 0.0833. The number of methoxy groups -OCH3 is 1. The minimum Gasteiger partial charge on any atom is -0.388 e. The highest BCUT2D eigenvalue weighted by molar-refractivity contribution is 6.00. The first-order valence-corrected chi connectivity index (χ1v) is 8.38. The third kappa shape index (κ3) is 3.78. The summed E-state index contributed by atoms with van der Waals surface area (Å²) in [5, 5.41) is 2.58. The smallest absolute Gasteiger partial charge is 0.0351 e. The average molecular weight is 326 g/mol. The number of ether oxygens (including phenoxy) is 1. The zero-order valence-electron chi connectivity index (χ0n) is 14.6. The molecule has 1 nitrogen and oxygen atoms in total. The molecule has 0 aliphatic heterocycles. The van der Waals surface area contributed by atoms with Crippen molar-refractivity contribution < 1.29 is 4.74 Å². The fourth-order valence-electron chi connectivity index (χ4n) is 3.05. The molecule has 0 saturated heterocycles. The average Bonchev–Trinajstić information content (AvgIpc) is 2.69. The van der Waals surface area contributed by atoms with Crippen LogP contribution < -0.4 is 0 Å². The Morgan fingerprint density at radius 3 is 1.76 bits per heavy atom. The number of fused-ring (bicyclic) bond motifs is 1. The zero-order valence-corrected chi connectivity index (χ0v) is 14.6. The van der Waals surface area contributed by atoms with Crippen LogP contribution in [0.1, 0.15) is 0 Å². The molecule has 0 aliphatic rings. The van der Waals surface area contributed by atoms with Crippen LogP contribution in [0.15, 0.2) is 97.1 Å². The first-order chi connectivity index (χ1) is 12.3. The van der Waals surface area contributed by atoms with Gasteiger partial charge in [-0.15, -0.1) is 0 Å². The van der Waals surface area contributed by atoms with E-state index in [-0.39, 0.29) is 0 Å². The van der Waals surface area contributed by atoms with Crippen LogP contribution in [-0.2, 0) is 4.74 Å². The maximum absolute atomic E-state index is 4.25. The maximum atomic E-state index is 4.25. The Hall–Kier alpha value is -2.90. The summed E-state index contributed by atoms with van der Waals surface area (Å²) in [6.07, 6.45) is 0. The van der Waals surface area contributed by atoms with Gasteiger partial charge in [-0.3, -0.25) is 0 Å². The van der Waals surface area contributed by atoms with Crippen LogP contribution in [-0.4, -0.2) is 14.2 Å². The molecule has 0 saturated carbocycles. The van der Waals surface area contributed by atoms with E-state index < -0.39 is 0 Å². The topological polar surface area (TPSA) is 9.23 Å². The molecular formula is C24H22O. The molecule has 0 bridgehead atoms. The lowest BCUT2D eigenvalue weighted by Gasteiger charge is -2.12. The molecule has 0 atom stereocenters. The summed E-state index contributed by atoms with van der Waals surface area (Å²) in [6, 6.07) is 34.3. The molecule has 0 spiro atoms. The second kappa shape index (κ2) is 8.27. The van der Waals surface area contributed by atoms with Gasteiger partial charge in [-0.1, -0.05) is 97.1 Å². The molecule has 0 radical (unpaired) electrons. The molecule has 0 aromatic heterocycles. The van der Waals surface area contributed by atoms with E-state index in [9.17, 15) is 0 Å². The standard InChI is InChI=1S/C22H16.C2H6O/c1-2-9-17(10-3-1)19-14-6-7-15-21(19)22-16-8-12-18-11-4-5-13-20(18)22;1-3-2/h1-16H;1-2H3. The highest BCUT2D eigenvalue weighted by atomic mass is 16.4. The largest absolute Gasteiger partial charge is 0.388 e. The number of benzene rings is 4. The van der Waals surface area contributed by atoms with E-state index in [1.54, 1.807) is 14.2 Å². The Morgan fingerprint density at radius 2 is 1.00 bits per heavy atom. The lowest BCUT2D eigenvalue weighted by molar-refractivity contribution is 0.277. The Bertz CT molecular complexity index is 937. The van der Waals surface area contributed by atoms with Crippen LogP contribution in [0.3, 0.4) is 0 Å². The SMILES string of the molecule is COC.c1ccc(-c2ccccc2-c2cccc3ccccc23)cc1. The van der Waals surface area contributed by atoms with E-state index in [0.717, 1.165) is 0 Å². The molecule has 25 heavy (non-hydrogen) atoms. The van der Waals surface area contributed by atoms with Gasteiger partial charge in [0.25, 0.3) is 0 Å². The molecule has 0 fully saturated rings. The lowest BCUT2D eigenvalue weighted by Crippen LogP contribution is -1.86. The van der Waals surface area contributed by atoms with Crippen molar-refractivity contribution in [3.05, 3.63) is 97.1 Å². The lowest BCUT2D eigenvalue weighted by atomic mass is 9.91. The third-order valence-corrected chi connectivity index (χ3v) is 4.09. The van der Waals surface area contributed by atoms with Crippen molar-refractivity contribution in [2.24, 2.45) is 0 Å². The Kier molecular flexibility index (Phi) is 5.61.